The van der Waals surface area contributed by atoms with Crippen molar-refractivity contribution < 1.29 is 5.48 Å². The molecule has 0 aromatic heterocycles. The van der Waals surface area contributed by atoms with E-state index in [9.17, 15) is 0 Å². The van der Waals surface area contributed by atoms with Gasteiger partial charge in [-0.25, -0.2) is 0 Å². The van der Waals surface area contributed by atoms with Gasteiger partial charge in [0.25, 0.3) is 0 Å². The van der Waals surface area contributed by atoms with Gasteiger partial charge in [0.2, 0.25) is 0 Å². The molecule has 2 atom stereocenters. The van der Waals surface area contributed by atoms with Crippen molar-refractivity contribution in [3.63, 3.8) is 0 Å². The highest BCUT2D eigenvalue weighted by atomic mass is 16.0. The topological polar surface area (TPSA) is 80.6 Å². The van der Waals surface area contributed by atoms with Crippen molar-refractivity contribution in [3.8, 4) is 0 Å². The molecule has 24 heavy (non-hydrogen) atoms. The lowest BCUT2D eigenvalue weighted by Crippen LogP contribution is -2.17. The molecule has 0 aromatic rings. The predicted molar refractivity (Wildman–Crippen MR) is 97.8 cm³/mol. The normalized spacial score (nSPS) is 30.7. The Morgan fingerprint density at radius 1 is 0.708 bits per heavy atom. The second kappa shape index (κ2) is 6.13. The van der Waals surface area contributed by atoms with E-state index in [1.165, 1.54) is 34.2 Å². The van der Waals surface area contributed by atoms with Gasteiger partial charge in [-0.05, 0) is 69.6 Å². The van der Waals surface area contributed by atoms with E-state index in [4.69, 9.17) is 15.0 Å². The summed E-state index contributed by atoms with van der Waals surface area (Å²) >= 11 is 0. The summed E-state index contributed by atoms with van der Waals surface area (Å²) in [6, 6.07) is 0.778. The molecular weight excluding hydrogens is 300 g/mol. The van der Waals surface area contributed by atoms with Crippen LogP contribution in [-0.2, 0) is 0 Å². The Balaban J connectivity index is 0.00000146. The van der Waals surface area contributed by atoms with E-state index in [1.807, 2.05) is 0 Å². The SMILES string of the molecule is C1=C2CCC(=N2)C=C2CCC(=CC3=NC(CC3)C3CCC1=N3)N2.O. The Morgan fingerprint density at radius 2 is 1.33 bits per heavy atom. The highest BCUT2D eigenvalue weighted by Gasteiger charge is 2.29. The Bertz CT molecular complexity index is 738. The average Bonchev–Trinajstić information content (AvgIpc) is 3.28. The second-order valence-corrected chi connectivity index (χ2v) is 7.16. The first kappa shape index (κ1) is 15.5. The van der Waals surface area contributed by atoms with Gasteiger partial charge in [0.15, 0.2) is 0 Å². The monoisotopic (exact) mass is 324 g/mol. The summed E-state index contributed by atoms with van der Waals surface area (Å²) in [4.78, 5) is 14.7. The summed E-state index contributed by atoms with van der Waals surface area (Å²) in [7, 11) is 0. The van der Waals surface area contributed by atoms with Crippen LogP contribution in [0.2, 0.25) is 0 Å². The maximum atomic E-state index is 4.97. The van der Waals surface area contributed by atoms with E-state index in [-0.39, 0.29) is 5.48 Å². The third kappa shape index (κ3) is 2.88. The minimum Gasteiger partial charge on any atom is -0.412 e. The number of nitrogens with one attached hydrogen (secondary N) is 1. The fraction of sp³-hybridized carbons (Fsp3) is 0.526. The Hall–Kier alpha value is -2.01. The summed E-state index contributed by atoms with van der Waals surface area (Å²) < 4.78 is 0. The zero-order valence-corrected chi connectivity index (χ0v) is 13.9. The van der Waals surface area contributed by atoms with Crippen LogP contribution < -0.4 is 5.32 Å². The zero-order valence-electron chi connectivity index (χ0n) is 13.9. The van der Waals surface area contributed by atoms with Crippen LogP contribution in [0.25, 0.3) is 0 Å². The van der Waals surface area contributed by atoms with Gasteiger partial charge in [0.1, 0.15) is 0 Å². The van der Waals surface area contributed by atoms with Crippen molar-refractivity contribution in [3.05, 3.63) is 35.3 Å². The number of aliphatic imine (C=N–C) groups is 3. The molecule has 2 unspecified atom stereocenters. The molecule has 5 heteroatoms. The first-order valence-electron chi connectivity index (χ1n) is 8.91. The predicted octanol–water partition coefficient (Wildman–Crippen LogP) is 2.65. The molecule has 5 rings (SSSR count). The van der Waals surface area contributed by atoms with Crippen LogP contribution >= 0.6 is 0 Å². The molecule has 0 aliphatic carbocycles. The molecule has 0 radical (unpaired) electrons. The van der Waals surface area contributed by atoms with Gasteiger partial charge in [-0.1, -0.05) is 0 Å². The first-order chi connectivity index (χ1) is 11.3. The van der Waals surface area contributed by atoms with Gasteiger partial charge in [0, 0.05) is 34.2 Å². The second-order valence-electron chi connectivity index (χ2n) is 7.16. The summed E-state index contributed by atoms with van der Waals surface area (Å²) in [5.41, 5.74) is 7.53. The van der Waals surface area contributed by atoms with Gasteiger partial charge in [-0.3, -0.25) is 15.0 Å². The lowest BCUT2D eigenvalue weighted by atomic mass is 10.0. The fourth-order valence-electron chi connectivity index (χ4n) is 4.22. The number of hydrogen-bond acceptors (Lipinski definition) is 4. The molecule has 3 N–H and O–H groups in total. The van der Waals surface area contributed by atoms with Gasteiger partial charge >= 0.3 is 0 Å². The molecule has 8 bridgehead atoms. The molecule has 5 nitrogen and oxygen atoms in total. The molecule has 0 saturated carbocycles. The third-order valence-corrected chi connectivity index (χ3v) is 5.42. The van der Waals surface area contributed by atoms with Crippen LogP contribution in [0.5, 0.6) is 0 Å². The smallest absolute Gasteiger partial charge is 0.0730 e. The van der Waals surface area contributed by atoms with Crippen molar-refractivity contribution >= 4 is 17.1 Å². The molecule has 1 fully saturated rings. The number of rotatable bonds is 0. The number of hydrogen-bond donors (Lipinski definition) is 1. The van der Waals surface area contributed by atoms with Gasteiger partial charge in [0.05, 0.1) is 12.1 Å². The van der Waals surface area contributed by atoms with Crippen LogP contribution in [0.1, 0.15) is 51.4 Å². The fourth-order valence-corrected chi connectivity index (χ4v) is 4.22. The molecule has 126 valence electrons. The Labute approximate surface area is 142 Å². The average molecular weight is 324 g/mol. The maximum Gasteiger partial charge on any atom is 0.0730 e. The summed E-state index contributed by atoms with van der Waals surface area (Å²) in [6.45, 7) is 0. The maximum absolute atomic E-state index is 4.97. The highest BCUT2D eigenvalue weighted by molar-refractivity contribution is 6.01. The van der Waals surface area contributed by atoms with Crippen LogP contribution in [0.15, 0.2) is 50.3 Å². The Kier molecular flexibility index (Phi) is 3.96. The molecule has 1 saturated heterocycles. The van der Waals surface area contributed by atoms with Crippen molar-refractivity contribution in [2.75, 3.05) is 0 Å². The van der Waals surface area contributed by atoms with E-state index in [2.05, 4.69) is 23.5 Å². The highest BCUT2D eigenvalue weighted by Crippen LogP contribution is 2.30. The lowest BCUT2D eigenvalue weighted by molar-refractivity contribution is 0.527. The number of allylic oxidation sites excluding steroid dienone is 6. The largest absolute Gasteiger partial charge is 0.412 e. The molecule has 5 aliphatic rings. The summed E-state index contributed by atoms with van der Waals surface area (Å²) in [6.07, 6.45) is 15.6. The molecule has 5 aliphatic heterocycles. The van der Waals surface area contributed by atoms with E-state index >= 15 is 0 Å². The van der Waals surface area contributed by atoms with E-state index in [1.54, 1.807) is 0 Å². The quantitative estimate of drug-likeness (QED) is 0.730. The molecule has 0 spiro atoms. The zero-order chi connectivity index (χ0) is 15.2. The van der Waals surface area contributed by atoms with E-state index in [0.717, 1.165) is 51.4 Å². The van der Waals surface area contributed by atoms with Gasteiger partial charge < -0.3 is 10.8 Å². The van der Waals surface area contributed by atoms with Crippen LogP contribution in [-0.4, -0.2) is 34.7 Å². The van der Waals surface area contributed by atoms with E-state index < -0.39 is 0 Å². The van der Waals surface area contributed by atoms with Crippen LogP contribution in [0, 0.1) is 0 Å². The minimum absolute atomic E-state index is 0. The minimum atomic E-state index is 0. The molecule has 0 amide bonds. The van der Waals surface area contributed by atoms with Gasteiger partial charge in [-0.15, -0.1) is 0 Å². The van der Waals surface area contributed by atoms with Crippen LogP contribution in [0.3, 0.4) is 0 Å². The van der Waals surface area contributed by atoms with Crippen molar-refractivity contribution in [2.45, 2.75) is 63.5 Å². The van der Waals surface area contributed by atoms with Crippen molar-refractivity contribution in [1.29, 1.82) is 0 Å². The molecular formula is C19H24N4O. The third-order valence-electron chi connectivity index (χ3n) is 5.42. The summed E-state index contributed by atoms with van der Waals surface area (Å²) in [5, 5.41) is 3.57. The van der Waals surface area contributed by atoms with E-state index in [0.29, 0.717) is 12.1 Å². The standard InChI is InChI=1S/C19H22N4.H2O/c1-3-14-10-16-5-7-18(22-16)19-8-6-17(23-19)11-15-4-2-13(21-15)9-12(1)20-14;/h9-11,18-20H,1-8H2;1H2. The number of fused-ring (bicyclic) bond motifs is 6. The number of nitrogens with zero attached hydrogens (tertiary/aromatic N) is 3. The summed E-state index contributed by atoms with van der Waals surface area (Å²) in [5.74, 6) is 0. The first-order valence-corrected chi connectivity index (χ1v) is 8.91. The Morgan fingerprint density at radius 3 is 2.04 bits per heavy atom. The van der Waals surface area contributed by atoms with Crippen molar-refractivity contribution in [2.24, 2.45) is 15.0 Å². The molecule has 0 aromatic carbocycles. The lowest BCUT2D eigenvalue weighted by Gasteiger charge is -2.11. The molecule has 5 heterocycles. The van der Waals surface area contributed by atoms with Crippen LogP contribution in [0.4, 0.5) is 0 Å². The van der Waals surface area contributed by atoms with Gasteiger partial charge in [-0.2, -0.15) is 0 Å². The van der Waals surface area contributed by atoms with Crippen molar-refractivity contribution in [1.82, 2.24) is 5.32 Å².